The molecular formula is C15H25NO7. The summed E-state index contributed by atoms with van der Waals surface area (Å²) in [4.78, 5) is 37.3. The Morgan fingerprint density at radius 2 is 1.57 bits per heavy atom. The Morgan fingerprint density at radius 1 is 1.04 bits per heavy atom. The molecule has 0 bridgehead atoms. The molecular weight excluding hydrogens is 306 g/mol. The Bertz CT molecular complexity index is 489. The minimum atomic E-state index is -2.25. The van der Waals surface area contributed by atoms with Gasteiger partial charge in [-0.2, -0.15) is 0 Å². The Hall–Kier alpha value is -1.83. The monoisotopic (exact) mass is 331 g/mol. The predicted molar refractivity (Wildman–Crippen MR) is 80.0 cm³/mol. The lowest BCUT2D eigenvalue weighted by molar-refractivity contribution is -0.203. The number of amides is 1. The standard InChI is InChI=1S/C15H25NO7/c1-13(2,3)22-11(19)15(10(17)18)9-16(7-8-21-15)12(20)23-14(4,5)6/h7-9H2,1-6H3,(H,17,18)/t15-/m0/s1. The fraction of sp³-hybridized carbons (Fsp3) is 0.800. The molecule has 1 N–H and O–H groups in total. The van der Waals surface area contributed by atoms with E-state index in [2.05, 4.69) is 0 Å². The predicted octanol–water partition coefficient (Wildman–Crippen LogP) is 1.42. The first kappa shape index (κ1) is 19.2. The molecule has 0 aromatic carbocycles. The first-order chi connectivity index (χ1) is 10.3. The van der Waals surface area contributed by atoms with E-state index >= 15 is 0 Å². The molecule has 1 aliphatic rings. The number of hydrogen-bond donors (Lipinski definition) is 1. The highest BCUT2D eigenvalue weighted by atomic mass is 16.6. The van der Waals surface area contributed by atoms with Crippen molar-refractivity contribution in [2.24, 2.45) is 0 Å². The van der Waals surface area contributed by atoms with Crippen LogP contribution in [0.1, 0.15) is 41.5 Å². The Balaban J connectivity index is 2.99. The van der Waals surface area contributed by atoms with Crippen molar-refractivity contribution in [1.82, 2.24) is 4.90 Å². The quantitative estimate of drug-likeness (QED) is 0.603. The maximum absolute atomic E-state index is 12.3. The van der Waals surface area contributed by atoms with Crippen molar-refractivity contribution in [3.05, 3.63) is 0 Å². The van der Waals surface area contributed by atoms with Crippen LogP contribution in [0.4, 0.5) is 4.79 Å². The smallest absolute Gasteiger partial charge is 0.410 e. The molecule has 1 rings (SSSR count). The number of hydrogen-bond acceptors (Lipinski definition) is 6. The lowest BCUT2D eigenvalue weighted by atomic mass is 10.0. The normalized spacial score (nSPS) is 22.4. The van der Waals surface area contributed by atoms with Gasteiger partial charge in [0.25, 0.3) is 5.60 Å². The van der Waals surface area contributed by atoms with Crippen molar-refractivity contribution in [2.45, 2.75) is 58.3 Å². The number of ether oxygens (including phenoxy) is 3. The number of rotatable bonds is 2. The summed E-state index contributed by atoms with van der Waals surface area (Å²) < 4.78 is 15.6. The lowest BCUT2D eigenvalue weighted by Crippen LogP contribution is -2.63. The van der Waals surface area contributed by atoms with Gasteiger partial charge in [-0.25, -0.2) is 14.4 Å². The summed E-state index contributed by atoms with van der Waals surface area (Å²) in [5, 5.41) is 9.48. The number of carboxylic acids is 1. The van der Waals surface area contributed by atoms with Gasteiger partial charge < -0.3 is 24.2 Å². The van der Waals surface area contributed by atoms with Gasteiger partial charge in [-0.1, -0.05) is 0 Å². The molecule has 1 fully saturated rings. The van der Waals surface area contributed by atoms with Crippen molar-refractivity contribution >= 4 is 18.0 Å². The molecule has 0 radical (unpaired) electrons. The van der Waals surface area contributed by atoms with Crippen LogP contribution in [0.3, 0.4) is 0 Å². The van der Waals surface area contributed by atoms with Gasteiger partial charge in [0.1, 0.15) is 11.2 Å². The van der Waals surface area contributed by atoms with Crippen LogP contribution in [0.25, 0.3) is 0 Å². The average Bonchev–Trinajstić information content (AvgIpc) is 2.34. The highest BCUT2D eigenvalue weighted by molar-refractivity contribution is 6.03. The third kappa shape index (κ3) is 5.09. The van der Waals surface area contributed by atoms with Crippen LogP contribution in [0.5, 0.6) is 0 Å². The fourth-order valence-corrected chi connectivity index (χ4v) is 1.91. The summed E-state index contributed by atoms with van der Waals surface area (Å²) in [5.41, 5.74) is -3.85. The largest absolute Gasteiger partial charge is 0.479 e. The first-order valence-corrected chi connectivity index (χ1v) is 7.35. The van der Waals surface area contributed by atoms with Gasteiger partial charge in [0, 0.05) is 6.54 Å². The molecule has 132 valence electrons. The topological polar surface area (TPSA) is 102 Å². The van der Waals surface area contributed by atoms with E-state index in [4.69, 9.17) is 14.2 Å². The Labute approximate surface area is 135 Å². The highest BCUT2D eigenvalue weighted by Gasteiger charge is 2.54. The molecule has 1 atom stereocenters. The van der Waals surface area contributed by atoms with E-state index < -0.39 is 41.4 Å². The third-order valence-corrected chi connectivity index (χ3v) is 2.85. The van der Waals surface area contributed by atoms with E-state index in [0.29, 0.717) is 0 Å². The molecule has 0 saturated carbocycles. The number of aliphatic carboxylic acids is 1. The zero-order valence-electron chi connectivity index (χ0n) is 14.5. The van der Waals surface area contributed by atoms with E-state index in [1.807, 2.05) is 0 Å². The van der Waals surface area contributed by atoms with Gasteiger partial charge in [0.15, 0.2) is 0 Å². The molecule has 8 heteroatoms. The van der Waals surface area contributed by atoms with Crippen molar-refractivity contribution in [3.63, 3.8) is 0 Å². The van der Waals surface area contributed by atoms with Crippen molar-refractivity contribution < 1.29 is 33.7 Å². The highest BCUT2D eigenvalue weighted by Crippen LogP contribution is 2.25. The SMILES string of the molecule is CC(C)(C)OC(=O)N1CCO[C@@](C(=O)O)(C(=O)OC(C)(C)C)C1. The van der Waals surface area contributed by atoms with E-state index in [1.165, 1.54) is 0 Å². The Kier molecular flexibility index (Phi) is 5.30. The molecule has 0 spiro atoms. The molecule has 8 nitrogen and oxygen atoms in total. The van der Waals surface area contributed by atoms with Gasteiger partial charge in [-0.05, 0) is 41.5 Å². The minimum Gasteiger partial charge on any atom is -0.479 e. The van der Waals surface area contributed by atoms with Crippen molar-refractivity contribution in [3.8, 4) is 0 Å². The molecule has 1 heterocycles. The van der Waals surface area contributed by atoms with Crippen LogP contribution in [0, 0.1) is 0 Å². The van der Waals surface area contributed by atoms with Crippen LogP contribution < -0.4 is 0 Å². The fourth-order valence-electron chi connectivity index (χ4n) is 1.91. The molecule has 1 amide bonds. The number of carbonyl (C=O) groups excluding carboxylic acids is 2. The second-order valence-electron chi connectivity index (χ2n) is 7.38. The van der Waals surface area contributed by atoms with Crippen LogP contribution in [-0.4, -0.2) is 64.5 Å². The summed E-state index contributed by atoms with van der Waals surface area (Å²) >= 11 is 0. The molecule has 0 aliphatic carbocycles. The molecule has 23 heavy (non-hydrogen) atoms. The summed E-state index contributed by atoms with van der Waals surface area (Å²) in [5.74, 6) is -2.54. The molecule has 1 saturated heterocycles. The zero-order valence-corrected chi connectivity index (χ0v) is 14.5. The third-order valence-electron chi connectivity index (χ3n) is 2.85. The van der Waals surface area contributed by atoms with Gasteiger partial charge in [0.05, 0.1) is 13.2 Å². The average molecular weight is 331 g/mol. The van der Waals surface area contributed by atoms with Crippen LogP contribution >= 0.6 is 0 Å². The van der Waals surface area contributed by atoms with Gasteiger partial charge in [-0.3, -0.25) is 0 Å². The molecule has 0 aromatic heterocycles. The first-order valence-electron chi connectivity index (χ1n) is 7.35. The van der Waals surface area contributed by atoms with Gasteiger partial charge >= 0.3 is 18.0 Å². The van der Waals surface area contributed by atoms with Crippen molar-refractivity contribution in [1.29, 1.82) is 0 Å². The summed E-state index contributed by atoms with van der Waals surface area (Å²) in [6, 6.07) is 0. The van der Waals surface area contributed by atoms with Crippen LogP contribution in [0.2, 0.25) is 0 Å². The van der Waals surface area contributed by atoms with E-state index in [1.54, 1.807) is 41.5 Å². The zero-order chi connectivity index (χ0) is 18.1. The summed E-state index contributed by atoms with van der Waals surface area (Å²) in [6.45, 7) is 9.51. The van der Waals surface area contributed by atoms with E-state index in [-0.39, 0.29) is 13.2 Å². The maximum Gasteiger partial charge on any atom is 0.410 e. The van der Waals surface area contributed by atoms with Crippen LogP contribution in [-0.2, 0) is 23.8 Å². The van der Waals surface area contributed by atoms with E-state index in [0.717, 1.165) is 4.90 Å². The number of esters is 1. The summed E-state index contributed by atoms with van der Waals surface area (Å²) in [7, 11) is 0. The number of nitrogens with zero attached hydrogens (tertiary/aromatic N) is 1. The van der Waals surface area contributed by atoms with Gasteiger partial charge in [-0.15, -0.1) is 0 Å². The minimum absolute atomic E-state index is 0.106. The van der Waals surface area contributed by atoms with E-state index in [9.17, 15) is 19.5 Å². The van der Waals surface area contributed by atoms with Crippen LogP contribution in [0.15, 0.2) is 0 Å². The molecule has 0 aromatic rings. The lowest BCUT2D eigenvalue weighted by Gasteiger charge is -2.39. The number of morpholine rings is 1. The Morgan fingerprint density at radius 3 is 2.00 bits per heavy atom. The second-order valence-corrected chi connectivity index (χ2v) is 7.38. The van der Waals surface area contributed by atoms with Gasteiger partial charge in [0.2, 0.25) is 0 Å². The molecule has 0 unspecified atom stereocenters. The maximum atomic E-state index is 12.3. The summed E-state index contributed by atoms with van der Waals surface area (Å²) in [6.07, 6.45) is -0.699. The molecule has 1 aliphatic heterocycles. The second kappa shape index (κ2) is 6.35. The van der Waals surface area contributed by atoms with Crippen molar-refractivity contribution in [2.75, 3.05) is 19.7 Å². The number of carbonyl (C=O) groups is 3. The number of carboxylic acid groups (broad SMARTS) is 1.